The van der Waals surface area contributed by atoms with Gasteiger partial charge in [0.05, 0.1) is 10.8 Å². The van der Waals surface area contributed by atoms with Crippen LogP contribution in [-0.4, -0.2) is 87.4 Å². The standard InChI is InChI=1S/C19H28N4S.C15H20N4S.C3H8O.CH2O2/c1-3-23(4-2)14-10-8-13(9-11-14)22-18-17-15-6-5-7-16(15)24-19(17)21-12-20-18;16-9-4-6-10(7-5-9)19-14-13-11-2-1-3-12(11)20-15(13)18-8-17-14;1-3-4-2;2-1-3/h12-14H,3-11H2,1-2H3,(H,20,21,22);8-10H,1-7,16H2,(H,17,18,19);3H2,1-2H3;1H,(H,2,3). The lowest BCUT2D eigenvalue weighted by Gasteiger charge is -2.36. The molecule has 2 fully saturated rings. The highest BCUT2D eigenvalue weighted by atomic mass is 32.1. The molecule has 0 aliphatic heterocycles. The highest BCUT2D eigenvalue weighted by molar-refractivity contribution is 7.19. The number of nitrogens with two attached hydrogens (primary N) is 1. The lowest BCUT2D eigenvalue weighted by molar-refractivity contribution is -0.122. The van der Waals surface area contributed by atoms with Crippen LogP contribution in [0.15, 0.2) is 12.7 Å². The summed E-state index contributed by atoms with van der Waals surface area (Å²) in [6.07, 6.45) is 20.5. The Morgan fingerprint density at radius 1 is 0.784 bits per heavy atom. The van der Waals surface area contributed by atoms with Crippen LogP contribution in [0.1, 0.15) is 106 Å². The molecule has 4 aliphatic carbocycles. The Kier molecular flexibility index (Phi) is 15.2. The van der Waals surface area contributed by atoms with Crippen LogP contribution >= 0.6 is 22.7 Å². The van der Waals surface area contributed by atoms with Crippen LogP contribution < -0.4 is 16.4 Å². The molecule has 0 aromatic carbocycles. The molecule has 0 bridgehead atoms. The summed E-state index contributed by atoms with van der Waals surface area (Å²) < 4.78 is 4.54. The van der Waals surface area contributed by atoms with Gasteiger partial charge in [0.25, 0.3) is 6.47 Å². The second kappa shape index (κ2) is 19.8. The molecule has 280 valence electrons. The summed E-state index contributed by atoms with van der Waals surface area (Å²) in [5, 5.41) is 16.9. The van der Waals surface area contributed by atoms with Crippen molar-refractivity contribution < 1.29 is 14.6 Å². The molecule has 4 aromatic rings. The van der Waals surface area contributed by atoms with Gasteiger partial charge < -0.3 is 31.1 Å². The quantitative estimate of drug-likeness (QED) is 0.133. The number of carboxylic acid groups (broad SMARTS) is 1. The van der Waals surface area contributed by atoms with Crippen molar-refractivity contribution in [3.8, 4) is 0 Å². The van der Waals surface area contributed by atoms with Gasteiger partial charge in [-0.15, -0.1) is 22.7 Å². The second-order valence-electron chi connectivity index (χ2n) is 13.8. The minimum atomic E-state index is -0.250. The molecule has 0 amide bonds. The Labute approximate surface area is 311 Å². The topological polar surface area (TPSA) is 151 Å². The fraction of sp³-hybridized carbons (Fsp3) is 0.658. The van der Waals surface area contributed by atoms with Crippen LogP contribution in [0, 0.1) is 0 Å². The molecule has 11 nitrogen and oxygen atoms in total. The van der Waals surface area contributed by atoms with Gasteiger partial charge in [-0.2, -0.15) is 0 Å². The number of hydrogen-bond acceptors (Lipinski definition) is 12. The molecule has 51 heavy (non-hydrogen) atoms. The Balaban J connectivity index is 0.000000169. The van der Waals surface area contributed by atoms with Gasteiger partial charge in [-0.3, -0.25) is 4.79 Å². The zero-order valence-corrected chi connectivity index (χ0v) is 32.6. The molecule has 2 saturated carbocycles. The molecule has 0 unspecified atom stereocenters. The van der Waals surface area contributed by atoms with Crippen molar-refractivity contribution in [3.63, 3.8) is 0 Å². The van der Waals surface area contributed by atoms with E-state index in [9.17, 15) is 0 Å². The molecule has 5 N–H and O–H groups in total. The van der Waals surface area contributed by atoms with Crippen molar-refractivity contribution in [3.05, 3.63) is 33.5 Å². The average molecular weight is 739 g/mol. The van der Waals surface area contributed by atoms with Gasteiger partial charge in [0.15, 0.2) is 0 Å². The molecule has 4 aromatic heterocycles. The van der Waals surface area contributed by atoms with Gasteiger partial charge in [0.2, 0.25) is 0 Å². The maximum absolute atomic E-state index is 8.36. The normalized spacial score (nSPS) is 22.2. The Morgan fingerprint density at radius 2 is 1.22 bits per heavy atom. The number of methoxy groups -OCH3 is 1. The fourth-order valence-electron chi connectivity index (χ4n) is 8.05. The van der Waals surface area contributed by atoms with E-state index in [1.165, 1.54) is 109 Å². The van der Waals surface area contributed by atoms with E-state index in [1.54, 1.807) is 24.6 Å². The number of ether oxygens (including phenoxy) is 1. The summed E-state index contributed by atoms with van der Waals surface area (Å²) in [6, 6.07) is 2.24. The minimum Gasteiger partial charge on any atom is -0.483 e. The molecular weight excluding hydrogens is 681 g/mol. The van der Waals surface area contributed by atoms with Crippen LogP contribution in [0.2, 0.25) is 0 Å². The summed E-state index contributed by atoms with van der Waals surface area (Å²) in [4.78, 5) is 34.5. The van der Waals surface area contributed by atoms with E-state index in [0.29, 0.717) is 18.1 Å². The first-order chi connectivity index (χ1) is 24.9. The lowest BCUT2D eigenvalue weighted by atomic mass is 9.90. The van der Waals surface area contributed by atoms with Gasteiger partial charge in [-0.05, 0) is 121 Å². The highest BCUT2D eigenvalue weighted by Crippen LogP contribution is 2.41. The first-order valence-electron chi connectivity index (χ1n) is 19.0. The molecule has 4 aliphatic rings. The molecule has 8 rings (SSSR count). The van der Waals surface area contributed by atoms with Crippen LogP contribution in [0.3, 0.4) is 0 Å². The molecule has 0 atom stereocenters. The Bertz CT molecular complexity index is 1660. The van der Waals surface area contributed by atoms with E-state index in [-0.39, 0.29) is 6.47 Å². The number of thiophene rings is 2. The zero-order chi connectivity index (χ0) is 36.2. The number of rotatable bonds is 8. The smallest absolute Gasteiger partial charge is 0.290 e. The van der Waals surface area contributed by atoms with Gasteiger partial charge >= 0.3 is 0 Å². The Hall–Kier alpha value is -2.97. The summed E-state index contributed by atoms with van der Waals surface area (Å²) >= 11 is 3.73. The molecule has 13 heteroatoms. The number of anilines is 2. The summed E-state index contributed by atoms with van der Waals surface area (Å²) in [5.74, 6) is 2.14. The van der Waals surface area contributed by atoms with Gasteiger partial charge in [-0.25, -0.2) is 19.9 Å². The average Bonchev–Trinajstić information content (AvgIpc) is 3.94. The third-order valence-electron chi connectivity index (χ3n) is 10.8. The third kappa shape index (κ3) is 9.92. The summed E-state index contributed by atoms with van der Waals surface area (Å²) in [5.41, 5.74) is 9.01. The van der Waals surface area contributed by atoms with Crippen molar-refractivity contribution in [2.45, 2.75) is 135 Å². The first kappa shape index (κ1) is 39.2. The van der Waals surface area contributed by atoms with Gasteiger partial charge in [-0.1, -0.05) is 13.8 Å². The monoisotopic (exact) mass is 738 g/mol. The van der Waals surface area contributed by atoms with E-state index in [2.05, 4.69) is 54.1 Å². The number of aryl methyl sites for hydroxylation is 4. The molecule has 0 radical (unpaired) electrons. The predicted molar refractivity (Wildman–Crippen MR) is 212 cm³/mol. The number of nitrogens with one attached hydrogen (secondary N) is 2. The van der Waals surface area contributed by atoms with Crippen molar-refractivity contribution in [1.29, 1.82) is 0 Å². The van der Waals surface area contributed by atoms with Crippen molar-refractivity contribution in [1.82, 2.24) is 24.8 Å². The zero-order valence-electron chi connectivity index (χ0n) is 31.0. The van der Waals surface area contributed by atoms with Crippen LogP contribution in [0.25, 0.3) is 20.4 Å². The number of carbonyl (C=O) groups is 1. The highest BCUT2D eigenvalue weighted by Gasteiger charge is 2.27. The van der Waals surface area contributed by atoms with E-state index in [1.807, 2.05) is 29.6 Å². The molecule has 0 saturated heterocycles. The fourth-order valence-corrected chi connectivity index (χ4v) is 10.5. The van der Waals surface area contributed by atoms with E-state index >= 15 is 0 Å². The first-order valence-corrected chi connectivity index (χ1v) is 20.7. The van der Waals surface area contributed by atoms with Crippen LogP contribution in [0.5, 0.6) is 0 Å². The van der Waals surface area contributed by atoms with Crippen LogP contribution in [-0.2, 0) is 35.2 Å². The summed E-state index contributed by atoms with van der Waals surface area (Å²) in [7, 11) is 1.68. The number of aromatic nitrogens is 4. The lowest BCUT2D eigenvalue weighted by Crippen LogP contribution is -2.40. The maximum atomic E-state index is 8.36. The summed E-state index contributed by atoms with van der Waals surface area (Å²) in [6.45, 7) is 9.44. The van der Waals surface area contributed by atoms with Gasteiger partial charge in [0.1, 0.15) is 34.0 Å². The number of fused-ring (bicyclic) bond motifs is 6. The molecular formula is C38H58N8O3S2. The minimum absolute atomic E-state index is 0.250. The molecule has 0 spiro atoms. The second-order valence-corrected chi connectivity index (χ2v) is 16.0. The van der Waals surface area contributed by atoms with E-state index in [4.69, 9.17) is 15.6 Å². The van der Waals surface area contributed by atoms with Crippen LogP contribution in [0.4, 0.5) is 11.6 Å². The third-order valence-corrected chi connectivity index (χ3v) is 13.2. The van der Waals surface area contributed by atoms with Crippen molar-refractivity contribution >= 4 is 61.2 Å². The predicted octanol–water partition coefficient (Wildman–Crippen LogP) is 7.46. The number of hydrogen-bond donors (Lipinski definition) is 4. The van der Waals surface area contributed by atoms with Crippen molar-refractivity contribution in [2.75, 3.05) is 37.4 Å². The number of nitrogens with zero attached hydrogens (tertiary/aromatic N) is 5. The van der Waals surface area contributed by atoms with Crippen molar-refractivity contribution in [2.24, 2.45) is 5.73 Å². The van der Waals surface area contributed by atoms with E-state index < -0.39 is 0 Å². The Morgan fingerprint density at radius 3 is 1.63 bits per heavy atom. The SMILES string of the molecule is CCN(CC)C1CCC(Nc2ncnc3sc4c(c23)CCC4)CC1.CCOC.NC1CCC(Nc2ncnc3sc4c(c23)CCC4)CC1.O=CO. The maximum Gasteiger partial charge on any atom is 0.290 e. The molecule has 4 heterocycles. The van der Waals surface area contributed by atoms with Gasteiger partial charge in [0, 0.05) is 47.6 Å². The largest absolute Gasteiger partial charge is 0.483 e. The van der Waals surface area contributed by atoms with E-state index in [0.717, 1.165) is 54.8 Å².